The third-order valence-corrected chi connectivity index (χ3v) is 12.4. The molecule has 0 aliphatic carbocycles. The van der Waals surface area contributed by atoms with Crippen molar-refractivity contribution in [3.63, 3.8) is 0 Å². The Balaban J connectivity index is 1.20. The fourth-order valence-corrected chi connectivity index (χ4v) is 9.15. The number of aliphatic carboxylic acids is 2. The van der Waals surface area contributed by atoms with E-state index in [0.717, 1.165) is 11.3 Å². The van der Waals surface area contributed by atoms with E-state index in [1.807, 2.05) is 6.92 Å². The van der Waals surface area contributed by atoms with Gasteiger partial charge in [-0.25, -0.2) is 14.6 Å². The van der Waals surface area contributed by atoms with Crippen LogP contribution in [0, 0.1) is 0 Å². The van der Waals surface area contributed by atoms with Crippen molar-refractivity contribution in [2.45, 2.75) is 61.9 Å². The number of nitrogens with two attached hydrogens (primary N) is 1. The minimum atomic E-state index is -1.80. The Bertz CT molecular complexity index is 1900. The highest BCUT2D eigenvalue weighted by molar-refractivity contribution is 8.00. The zero-order chi connectivity index (χ0) is 37.9. The molecule has 2 aromatic rings. The number of amides is 3. The number of carbonyl (C=O) groups excluding carboxylic acids is 3. The Morgan fingerprint density at radius 3 is 2.46 bits per heavy atom. The van der Waals surface area contributed by atoms with Crippen molar-refractivity contribution < 1.29 is 53.7 Å². The molecule has 6 heterocycles. The van der Waals surface area contributed by atoms with Crippen LogP contribution in [-0.4, -0.2) is 136 Å². The van der Waals surface area contributed by atoms with Crippen LogP contribution in [0.15, 0.2) is 33.9 Å². The maximum absolute atomic E-state index is 13.6. The smallest absolute Gasteiger partial charge is 0.352 e. The number of nitrogen functional groups attached to an aromatic ring is 1. The molecule has 52 heavy (non-hydrogen) atoms. The molecule has 0 spiro atoms. The summed E-state index contributed by atoms with van der Waals surface area (Å²) in [6.07, 6.45) is 1.31. The zero-order valence-electron chi connectivity index (χ0n) is 28.2. The number of hydrogen-bond acceptors (Lipinski definition) is 13. The Labute approximate surface area is 310 Å². The van der Waals surface area contributed by atoms with Gasteiger partial charge in [-0.3, -0.25) is 19.3 Å². The lowest BCUT2D eigenvalue weighted by Crippen LogP contribution is -2.72. The normalized spacial score (nSPS) is 26.0. The molecule has 4 fully saturated rings. The molecule has 0 unspecified atom stereocenters. The van der Waals surface area contributed by atoms with Crippen LogP contribution in [0.25, 0.3) is 0 Å². The molecule has 5 aliphatic rings. The molecule has 7 N–H and O–H groups in total. The highest BCUT2D eigenvalue weighted by Gasteiger charge is 2.57. The molecule has 3 atom stereocenters. The number of nitrogens with zero attached hydrogens (tertiary/aromatic N) is 5. The van der Waals surface area contributed by atoms with E-state index >= 15 is 0 Å². The highest BCUT2D eigenvalue weighted by Crippen LogP contribution is 2.45. The Morgan fingerprint density at radius 2 is 1.87 bits per heavy atom. The van der Waals surface area contributed by atoms with Crippen molar-refractivity contribution in [2.24, 2.45) is 5.16 Å². The number of quaternary nitrogens is 1. The summed E-state index contributed by atoms with van der Waals surface area (Å²) in [7, 11) is 0. The fourth-order valence-electron chi connectivity index (χ4n) is 6.95. The second-order valence-corrected chi connectivity index (χ2v) is 16.4. The molecule has 17 nitrogen and oxygen atoms in total. The van der Waals surface area contributed by atoms with Crippen LogP contribution in [0.3, 0.4) is 0 Å². The van der Waals surface area contributed by atoms with Gasteiger partial charge in [0.05, 0.1) is 31.2 Å². The minimum Gasteiger partial charge on any atom is -0.504 e. The number of benzene rings is 1. The van der Waals surface area contributed by atoms with E-state index in [2.05, 4.69) is 15.5 Å². The Kier molecular flexibility index (Phi) is 9.83. The van der Waals surface area contributed by atoms with Crippen molar-refractivity contribution in [1.29, 1.82) is 0 Å². The first-order chi connectivity index (χ1) is 24.4. The number of β-lactam (4-membered cyclic amide) rings is 1. The molecule has 0 saturated carbocycles. The van der Waals surface area contributed by atoms with Gasteiger partial charge in [0.1, 0.15) is 29.4 Å². The van der Waals surface area contributed by atoms with Crippen molar-refractivity contribution in [2.75, 3.05) is 38.5 Å². The standard InChI is InChI=1S/C32H36ClN7O10S2/c1-14-17(12-40-7-4-16(5-8-40)38(6-9-40)26(44)15-10-18(33)24(42)20(41)11-15)23(29(46)47)39-27(45)22(28(39)52-14)36-25(43)21(19-13-51-31(34)35-19)37-50-32(2,3)30(48)49/h10-11,13-14,16,22,28H,4-9,12H2,1-3H3,(H6-,34,35,36,37,41,42,43,44,46,47,48,49)/p+1/t14-,16?,22+,28+,40?/m0/s1. The molecule has 1 aromatic carbocycles. The number of hydrogen-bond donors (Lipinski definition) is 6. The van der Waals surface area contributed by atoms with E-state index in [1.54, 1.807) is 4.90 Å². The van der Waals surface area contributed by atoms with Gasteiger partial charge in [0.15, 0.2) is 22.3 Å². The molecule has 5 aliphatic heterocycles. The topological polar surface area (TPSA) is 245 Å². The van der Waals surface area contributed by atoms with Gasteiger partial charge in [0.2, 0.25) is 5.60 Å². The molecule has 3 amide bonds. The third-order valence-electron chi connectivity index (χ3n) is 9.96. The number of piperidine rings is 1. The molecular formula is C32H37ClN7O10S2+. The zero-order valence-corrected chi connectivity index (χ0v) is 30.6. The van der Waals surface area contributed by atoms with Gasteiger partial charge in [-0.05, 0) is 32.9 Å². The van der Waals surface area contributed by atoms with Crippen molar-refractivity contribution in [3.05, 3.63) is 45.1 Å². The van der Waals surface area contributed by atoms with E-state index in [-0.39, 0.29) is 44.3 Å². The fraction of sp³-hybridized carbons (Fsp3) is 0.469. The second kappa shape index (κ2) is 13.8. The van der Waals surface area contributed by atoms with Crippen LogP contribution in [0.2, 0.25) is 5.02 Å². The summed E-state index contributed by atoms with van der Waals surface area (Å²) in [5.41, 5.74) is 4.13. The monoisotopic (exact) mass is 778 g/mol. The number of carboxylic acid groups (broad SMARTS) is 2. The number of phenols is 2. The van der Waals surface area contributed by atoms with Crippen LogP contribution in [-0.2, 0) is 24.0 Å². The summed E-state index contributed by atoms with van der Waals surface area (Å²) < 4.78 is 0.509. The number of carbonyl (C=O) groups is 5. The van der Waals surface area contributed by atoms with Crippen LogP contribution in [0.5, 0.6) is 11.5 Å². The van der Waals surface area contributed by atoms with Crippen LogP contribution < -0.4 is 11.1 Å². The average molecular weight is 779 g/mol. The lowest BCUT2D eigenvalue weighted by atomic mass is 9.97. The maximum atomic E-state index is 13.6. The largest absolute Gasteiger partial charge is 0.504 e. The van der Waals surface area contributed by atoms with Crippen LogP contribution >= 0.6 is 34.7 Å². The van der Waals surface area contributed by atoms with Gasteiger partial charge in [-0.1, -0.05) is 16.8 Å². The number of thiazole rings is 1. The number of aromatic nitrogens is 1. The number of fused-ring (bicyclic) bond motifs is 5. The third kappa shape index (κ3) is 6.72. The number of thioether (sulfide) groups is 1. The van der Waals surface area contributed by atoms with Gasteiger partial charge in [0.25, 0.3) is 17.7 Å². The van der Waals surface area contributed by atoms with E-state index in [9.17, 15) is 44.4 Å². The van der Waals surface area contributed by atoms with Crippen LogP contribution in [0.1, 0.15) is 49.7 Å². The first-order valence-corrected chi connectivity index (χ1v) is 18.5. The minimum absolute atomic E-state index is 0.00307. The summed E-state index contributed by atoms with van der Waals surface area (Å²) in [6, 6.07) is 1.29. The number of aromatic hydroxyl groups is 2. The van der Waals surface area contributed by atoms with Gasteiger partial charge < -0.3 is 45.7 Å². The lowest BCUT2D eigenvalue weighted by Gasteiger charge is -2.52. The molecule has 4 saturated heterocycles. The van der Waals surface area contributed by atoms with Gasteiger partial charge >= 0.3 is 11.9 Å². The van der Waals surface area contributed by atoms with Crippen molar-refractivity contribution >= 4 is 75.2 Å². The molecule has 1 aromatic heterocycles. The number of oxime groups is 1. The predicted molar refractivity (Wildman–Crippen MR) is 189 cm³/mol. The van der Waals surface area contributed by atoms with Gasteiger partial charge in [-0.15, -0.1) is 23.1 Å². The molecule has 7 rings (SSSR count). The molecule has 278 valence electrons. The number of halogens is 1. The van der Waals surface area contributed by atoms with Crippen molar-refractivity contribution in [1.82, 2.24) is 20.1 Å². The van der Waals surface area contributed by atoms with E-state index < -0.39 is 58.0 Å². The summed E-state index contributed by atoms with van der Waals surface area (Å²) in [5.74, 6) is -5.47. The van der Waals surface area contributed by atoms with Gasteiger partial charge in [-0.2, -0.15) is 0 Å². The molecule has 20 heteroatoms. The number of rotatable bonds is 10. The molecule has 0 radical (unpaired) electrons. The quantitative estimate of drug-likeness (QED) is 0.0661. The SMILES string of the molecule is C[C@@H]1S[C@@H]2[C@H](NC(=O)/C(=N\OC(C)(C)C(=O)O)c3csc(N)n3)C(=O)N2C(C(=O)O)=C1C[N+]12CCC(CC1)N(C(=O)c1cc(O)c(O)c(Cl)c1)CC2. The van der Waals surface area contributed by atoms with Crippen molar-refractivity contribution in [3.8, 4) is 11.5 Å². The number of nitrogens with one attached hydrogen (secondary N) is 1. The average Bonchev–Trinajstić information content (AvgIpc) is 3.33. The van der Waals surface area contributed by atoms with Gasteiger partial charge in [0, 0.05) is 40.7 Å². The first kappa shape index (κ1) is 37.2. The van der Waals surface area contributed by atoms with E-state index in [1.165, 1.54) is 48.0 Å². The number of phenolic OH excluding ortho intramolecular Hbond substituents is 2. The van der Waals surface area contributed by atoms with E-state index in [0.29, 0.717) is 55.6 Å². The molecular weight excluding hydrogens is 742 g/mol. The Morgan fingerprint density at radius 1 is 1.17 bits per heavy atom. The Hall–Kier alpha value is -4.59. The second-order valence-electron chi connectivity index (χ2n) is 13.7. The lowest BCUT2D eigenvalue weighted by molar-refractivity contribution is -0.925. The van der Waals surface area contributed by atoms with Crippen LogP contribution in [0.4, 0.5) is 5.13 Å². The summed E-state index contributed by atoms with van der Waals surface area (Å²) in [4.78, 5) is 77.2. The number of carboxylic acids is 2. The molecule has 2 bridgehead atoms. The summed E-state index contributed by atoms with van der Waals surface area (Å²) in [5, 5.41) is 46.4. The number of anilines is 1. The predicted octanol–water partition coefficient (Wildman–Crippen LogP) is 1.64. The summed E-state index contributed by atoms with van der Waals surface area (Å²) >= 11 is 8.37. The summed E-state index contributed by atoms with van der Waals surface area (Å²) in [6.45, 7) is 6.90. The highest BCUT2D eigenvalue weighted by atomic mass is 35.5. The van der Waals surface area contributed by atoms with E-state index in [4.69, 9.17) is 22.2 Å². The maximum Gasteiger partial charge on any atom is 0.352 e. The first-order valence-electron chi connectivity index (χ1n) is 16.3.